The van der Waals surface area contributed by atoms with E-state index in [0.717, 1.165) is 6.54 Å². The monoisotopic (exact) mass is 268 g/mol. The molecule has 106 valence electrons. The van der Waals surface area contributed by atoms with Crippen LogP contribution in [0.3, 0.4) is 0 Å². The zero-order valence-corrected chi connectivity index (χ0v) is 11.0. The lowest BCUT2D eigenvalue weighted by Gasteiger charge is -2.15. The first-order valence-electron chi connectivity index (χ1n) is 5.84. The Kier molecular flexibility index (Phi) is 8.15. The van der Waals surface area contributed by atoms with Crippen LogP contribution in [0.5, 0.6) is 0 Å². The normalized spacial score (nSPS) is 12.8. The van der Waals surface area contributed by atoms with Gasteiger partial charge in [-0.25, -0.2) is 9.59 Å². The van der Waals surface area contributed by atoms with Crippen LogP contribution < -0.4 is 11.1 Å². The smallest absolute Gasteiger partial charge is 0.414 e. The van der Waals surface area contributed by atoms with Crippen molar-refractivity contribution in [3.05, 3.63) is 35.9 Å². The maximum Gasteiger partial charge on any atom is 0.414 e. The van der Waals surface area contributed by atoms with Crippen molar-refractivity contribution < 1.29 is 19.8 Å². The van der Waals surface area contributed by atoms with Crippen molar-refractivity contribution in [3.8, 4) is 0 Å². The average Bonchev–Trinajstić information content (AvgIpc) is 2.37. The SMILES string of the molecule is CC(N)CNC(C)c1ccccc1.O=C(O)C(=O)O. The summed E-state index contributed by atoms with van der Waals surface area (Å²) >= 11 is 0. The molecular weight excluding hydrogens is 248 g/mol. The zero-order chi connectivity index (χ0) is 14.8. The Balaban J connectivity index is 0.000000459. The van der Waals surface area contributed by atoms with Gasteiger partial charge in [0.05, 0.1) is 0 Å². The van der Waals surface area contributed by atoms with E-state index in [0.29, 0.717) is 6.04 Å². The van der Waals surface area contributed by atoms with E-state index in [1.807, 2.05) is 13.0 Å². The summed E-state index contributed by atoms with van der Waals surface area (Å²) in [5.74, 6) is -3.65. The molecule has 0 aliphatic carbocycles. The predicted octanol–water partition coefficient (Wildman–Crippen LogP) is 0.840. The molecule has 2 unspecified atom stereocenters. The summed E-state index contributed by atoms with van der Waals surface area (Å²) in [6, 6.07) is 11.0. The zero-order valence-electron chi connectivity index (χ0n) is 11.0. The van der Waals surface area contributed by atoms with Crippen LogP contribution >= 0.6 is 0 Å². The Morgan fingerprint density at radius 2 is 1.63 bits per heavy atom. The Hall–Kier alpha value is -1.92. The summed E-state index contributed by atoms with van der Waals surface area (Å²) in [6.07, 6.45) is 0. The number of rotatable bonds is 4. The molecule has 0 spiro atoms. The molecule has 0 saturated carbocycles. The molecule has 0 aliphatic rings. The third-order valence-corrected chi connectivity index (χ3v) is 2.23. The van der Waals surface area contributed by atoms with Gasteiger partial charge in [0.2, 0.25) is 0 Å². The molecule has 0 amide bonds. The molecule has 0 saturated heterocycles. The third kappa shape index (κ3) is 8.76. The van der Waals surface area contributed by atoms with Gasteiger partial charge >= 0.3 is 11.9 Å². The van der Waals surface area contributed by atoms with Crippen LogP contribution in [-0.2, 0) is 9.59 Å². The second-order valence-electron chi connectivity index (χ2n) is 4.13. The first-order valence-corrected chi connectivity index (χ1v) is 5.84. The summed E-state index contributed by atoms with van der Waals surface area (Å²) in [5.41, 5.74) is 6.96. The fourth-order valence-corrected chi connectivity index (χ4v) is 1.22. The standard InChI is InChI=1S/C11H18N2.C2H2O4/c1-9(12)8-13-10(2)11-6-4-3-5-7-11;3-1(4)2(5)6/h3-7,9-10,13H,8,12H2,1-2H3;(H,3,4)(H,5,6). The van der Waals surface area contributed by atoms with E-state index in [-0.39, 0.29) is 6.04 Å². The van der Waals surface area contributed by atoms with Crippen molar-refractivity contribution >= 4 is 11.9 Å². The van der Waals surface area contributed by atoms with E-state index < -0.39 is 11.9 Å². The van der Waals surface area contributed by atoms with E-state index in [1.54, 1.807) is 0 Å². The van der Waals surface area contributed by atoms with Gasteiger partial charge in [-0.2, -0.15) is 0 Å². The number of nitrogens with one attached hydrogen (secondary N) is 1. The van der Waals surface area contributed by atoms with Gasteiger partial charge in [0, 0.05) is 18.6 Å². The molecule has 0 fully saturated rings. The molecule has 0 radical (unpaired) electrons. The maximum absolute atomic E-state index is 9.10. The van der Waals surface area contributed by atoms with Crippen LogP contribution in [0.4, 0.5) is 0 Å². The number of carbonyl (C=O) groups is 2. The van der Waals surface area contributed by atoms with E-state index in [9.17, 15) is 0 Å². The van der Waals surface area contributed by atoms with E-state index in [4.69, 9.17) is 25.5 Å². The quantitative estimate of drug-likeness (QED) is 0.602. The highest BCUT2D eigenvalue weighted by atomic mass is 16.4. The van der Waals surface area contributed by atoms with Gasteiger partial charge in [-0.15, -0.1) is 0 Å². The van der Waals surface area contributed by atoms with Crippen molar-refractivity contribution in [2.75, 3.05) is 6.54 Å². The molecule has 2 atom stereocenters. The lowest BCUT2D eigenvalue weighted by molar-refractivity contribution is -0.159. The number of aliphatic carboxylic acids is 2. The van der Waals surface area contributed by atoms with Crippen LogP contribution in [0.2, 0.25) is 0 Å². The molecule has 6 heteroatoms. The molecule has 0 bridgehead atoms. The van der Waals surface area contributed by atoms with Gasteiger partial charge in [0.1, 0.15) is 0 Å². The molecule has 1 aromatic carbocycles. The lowest BCUT2D eigenvalue weighted by atomic mass is 10.1. The van der Waals surface area contributed by atoms with Crippen molar-refractivity contribution in [2.45, 2.75) is 25.9 Å². The second kappa shape index (κ2) is 9.07. The molecular formula is C13H20N2O4. The minimum Gasteiger partial charge on any atom is -0.473 e. The first-order chi connectivity index (χ1) is 8.84. The summed E-state index contributed by atoms with van der Waals surface area (Å²) < 4.78 is 0. The fraction of sp³-hybridized carbons (Fsp3) is 0.385. The van der Waals surface area contributed by atoms with Gasteiger partial charge in [-0.3, -0.25) is 0 Å². The molecule has 0 heterocycles. The van der Waals surface area contributed by atoms with Crippen molar-refractivity contribution in [2.24, 2.45) is 5.73 Å². The van der Waals surface area contributed by atoms with E-state index >= 15 is 0 Å². The van der Waals surface area contributed by atoms with Crippen LogP contribution in [-0.4, -0.2) is 34.7 Å². The number of hydrogen-bond acceptors (Lipinski definition) is 4. The lowest BCUT2D eigenvalue weighted by Crippen LogP contribution is -2.32. The number of hydrogen-bond donors (Lipinski definition) is 4. The second-order valence-corrected chi connectivity index (χ2v) is 4.13. The summed E-state index contributed by atoms with van der Waals surface area (Å²) in [7, 11) is 0. The van der Waals surface area contributed by atoms with Crippen molar-refractivity contribution in [1.29, 1.82) is 0 Å². The Bertz CT molecular complexity index is 381. The first kappa shape index (κ1) is 17.1. The van der Waals surface area contributed by atoms with Crippen molar-refractivity contribution in [1.82, 2.24) is 5.32 Å². The molecule has 1 rings (SSSR count). The molecule has 1 aromatic rings. The fourth-order valence-electron chi connectivity index (χ4n) is 1.22. The van der Waals surface area contributed by atoms with Crippen LogP contribution in [0.15, 0.2) is 30.3 Å². The third-order valence-electron chi connectivity index (χ3n) is 2.23. The number of nitrogens with two attached hydrogens (primary N) is 1. The predicted molar refractivity (Wildman–Crippen MR) is 71.8 cm³/mol. The summed E-state index contributed by atoms with van der Waals surface area (Å²) in [6.45, 7) is 5.01. The molecule has 0 aliphatic heterocycles. The van der Waals surface area contributed by atoms with Crippen LogP contribution in [0.25, 0.3) is 0 Å². The molecule has 5 N–H and O–H groups in total. The molecule has 6 nitrogen and oxygen atoms in total. The highest BCUT2D eigenvalue weighted by Gasteiger charge is 2.04. The molecule has 0 aromatic heterocycles. The topological polar surface area (TPSA) is 113 Å². The Labute approximate surface area is 112 Å². The van der Waals surface area contributed by atoms with Crippen LogP contribution in [0, 0.1) is 0 Å². The van der Waals surface area contributed by atoms with Gasteiger partial charge in [0.25, 0.3) is 0 Å². The minimum atomic E-state index is -1.82. The highest BCUT2D eigenvalue weighted by molar-refractivity contribution is 6.27. The van der Waals surface area contributed by atoms with E-state index in [2.05, 4.69) is 36.5 Å². The highest BCUT2D eigenvalue weighted by Crippen LogP contribution is 2.10. The number of carboxylic acids is 2. The van der Waals surface area contributed by atoms with Gasteiger partial charge in [0.15, 0.2) is 0 Å². The number of carboxylic acid groups (broad SMARTS) is 2. The minimum absolute atomic E-state index is 0.214. The number of benzene rings is 1. The van der Waals surface area contributed by atoms with E-state index in [1.165, 1.54) is 5.56 Å². The van der Waals surface area contributed by atoms with Gasteiger partial charge in [-0.05, 0) is 19.4 Å². The Morgan fingerprint density at radius 3 is 2.00 bits per heavy atom. The Morgan fingerprint density at radius 1 is 1.16 bits per heavy atom. The van der Waals surface area contributed by atoms with Crippen molar-refractivity contribution in [3.63, 3.8) is 0 Å². The van der Waals surface area contributed by atoms with Gasteiger partial charge in [-0.1, -0.05) is 30.3 Å². The maximum atomic E-state index is 9.10. The molecule has 19 heavy (non-hydrogen) atoms. The summed E-state index contributed by atoms with van der Waals surface area (Å²) in [5, 5.41) is 18.2. The average molecular weight is 268 g/mol. The van der Waals surface area contributed by atoms with Crippen LogP contribution in [0.1, 0.15) is 25.5 Å². The largest absolute Gasteiger partial charge is 0.473 e. The van der Waals surface area contributed by atoms with Gasteiger partial charge < -0.3 is 21.3 Å². The summed E-state index contributed by atoms with van der Waals surface area (Å²) in [4.78, 5) is 18.2.